The van der Waals surface area contributed by atoms with Crippen LogP contribution in [0.1, 0.15) is 11.1 Å². The van der Waals surface area contributed by atoms with Gasteiger partial charge in [-0.1, -0.05) is 58.4 Å². The molecule has 0 nitrogen and oxygen atoms in total. The maximum atomic E-state index is 3.58. The number of rotatable bonds is 0. The van der Waals surface area contributed by atoms with E-state index in [0.717, 1.165) is 10.9 Å². The van der Waals surface area contributed by atoms with Crippen molar-refractivity contribution in [1.82, 2.24) is 0 Å². The number of halogens is 1. The van der Waals surface area contributed by atoms with E-state index in [1.165, 1.54) is 33.0 Å². The molecule has 0 aliphatic heterocycles. The zero-order valence-corrected chi connectivity index (χ0v) is 11.4. The second kappa shape index (κ2) is 3.69. The fourth-order valence-corrected chi connectivity index (χ4v) is 3.31. The van der Waals surface area contributed by atoms with Crippen LogP contribution in [0.3, 0.4) is 0 Å². The molecule has 0 radical (unpaired) electrons. The van der Waals surface area contributed by atoms with Gasteiger partial charge in [0, 0.05) is 4.47 Å². The molecule has 3 aromatic carbocycles. The third-order valence-corrected chi connectivity index (χ3v) is 4.23. The van der Waals surface area contributed by atoms with Gasteiger partial charge in [0.2, 0.25) is 0 Å². The first kappa shape index (κ1) is 10.3. The van der Waals surface area contributed by atoms with E-state index in [-0.39, 0.29) is 0 Å². The van der Waals surface area contributed by atoms with Crippen molar-refractivity contribution in [3.63, 3.8) is 0 Å². The number of hydrogen-bond donors (Lipinski definition) is 0. The second-order valence-electron chi connectivity index (χ2n) is 4.80. The summed E-state index contributed by atoms with van der Waals surface area (Å²) in [6.45, 7) is 0. The molecule has 1 aliphatic carbocycles. The standard InChI is InChI=1S/C17H11Br/c18-14-8-7-12-9-13-5-1-3-11-4-2-6-15(17(11)13)16(12)10-14/h1-8,10H,9H2. The summed E-state index contributed by atoms with van der Waals surface area (Å²) < 4.78 is 1.15. The summed E-state index contributed by atoms with van der Waals surface area (Å²) in [5.41, 5.74) is 5.60. The largest absolute Gasteiger partial charge is 0.0613 e. The molecule has 0 unspecified atom stereocenters. The van der Waals surface area contributed by atoms with Crippen molar-refractivity contribution in [3.8, 4) is 11.1 Å². The summed E-state index contributed by atoms with van der Waals surface area (Å²) in [5.74, 6) is 0. The Morgan fingerprint density at radius 3 is 2.50 bits per heavy atom. The summed E-state index contributed by atoms with van der Waals surface area (Å²) in [4.78, 5) is 0. The van der Waals surface area contributed by atoms with Gasteiger partial charge in [-0.3, -0.25) is 0 Å². The van der Waals surface area contributed by atoms with Crippen molar-refractivity contribution < 1.29 is 0 Å². The molecule has 86 valence electrons. The molecule has 0 spiro atoms. The molecule has 0 amide bonds. The van der Waals surface area contributed by atoms with Gasteiger partial charge in [-0.05, 0) is 51.6 Å². The van der Waals surface area contributed by atoms with Crippen molar-refractivity contribution in [3.05, 3.63) is 70.2 Å². The highest BCUT2D eigenvalue weighted by atomic mass is 79.9. The highest BCUT2D eigenvalue weighted by Gasteiger charge is 2.17. The Morgan fingerprint density at radius 2 is 1.61 bits per heavy atom. The van der Waals surface area contributed by atoms with E-state index in [2.05, 4.69) is 70.5 Å². The van der Waals surface area contributed by atoms with Crippen molar-refractivity contribution >= 4 is 26.7 Å². The highest BCUT2D eigenvalue weighted by Crippen LogP contribution is 2.40. The van der Waals surface area contributed by atoms with E-state index < -0.39 is 0 Å². The van der Waals surface area contributed by atoms with Crippen molar-refractivity contribution in [2.24, 2.45) is 0 Å². The second-order valence-corrected chi connectivity index (χ2v) is 5.71. The Labute approximate surface area is 114 Å². The SMILES string of the molecule is Brc1ccc2c(c1)-c1cccc3cccc(c13)C2. The summed E-state index contributed by atoms with van der Waals surface area (Å²) in [5, 5.41) is 2.77. The van der Waals surface area contributed by atoms with Gasteiger partial charge in [-0.2, -0.15) is 0 Å². The van der Waals surface area contributed by atoms with Crippen LogP contribution in [-0.2, 0) is 6.42 Å². The molecule has 1 aliphatic rings. The van der Waals surface area contributed by atoms with Crippen molar-refractivity contribution in [2.75, 3.05) is 0 Å². The highest BCUT2D eigenvalue weighted by molar-refractivity contribution is 9.10. The van der Waals surface area contributed by atoms with Crippen molar-refractivity contribution in [2.45, 2.75) is 6.42 Å². The van der Waals surface area contributed by atoms with Gasteiger partial charge in [-0.15, -0.1) is 0 Å². The minimum Gasteiger partial charge on any atom is -0.0613 e. The topological polar surface area (TPSA) is 0 Å². The predicted octanol–water partition coefficient (Wildman–Crippen LogP) is 5.17. The molecule has 1 heteroatoms. The molecule has 3 aromatic rings. The monoisotopic (exact) mass is 294 g/mol. The van der Waals surface area contributed by atoms with E-state index in [9.17, 15) is 0 Å². The van der Waals surface area contributed by atoms with Gasteiger partial charge in [0.15, 0.2) is 0 Å². The minimum atomic E-state index is 1.04. The van der Waals surface area contributed by atoms with Gasteiger partial charge in [0.05, 0.1) is 0 Å². The quantitative estimate of drug-likeness (QED) is 0.419. The van der Waals surface area contributed by atoms with E-state index in [0.29, 0.717) is 0 Å². The van der Waals surface area contributed by atoms with E-state index >= 15 is 0 Å². The molecule has 0 atom stereocenters. The fraction of sp³-hybridized carbons (Fsp3) is 0.0588. The molecule has 0 saturated heterocycles. The van der Waals surface area contributed by atoms with Gasteiger partial charge >= 0.3 is 0 Å². The summed E-state index contributed by atoms with van der Waals surface area (Å²) in [6, 6.07) is 19.8. The van der Waals surface area contributed by atoms with Crippen LogP contribution in [0.15, 0.2) is 59.1 Å². The summed E-state index contributed by atoms with van der Waals surface area (Å²) in [6.07, 6.45) is 1.04. The van der Waals surface area contributed by atoms with E-state index in [1.807, 2.05) is 0 Å². The van der Waals surface area contributed by atoms with Gasteiger partial charge in [-0.25, -0.2) is 0 Å². The average Bonchev–Trinajstić information content (AvgIpc) is 2.40. The summed E-state index contributed by atoms with van der Waals surface area (Å²) >= 11 is 3.58. The first-order valence-corrected chi connectivity index (χ1v) is 6.92. The van der Waals surface area contributed by atoms with Gasteiger partial charge < -0.3 is 0 Å². The minimum absolute atomic E-state index is 1.04. The van der Waals surface area contributed by atoms with Gasteiger partial charge in [0.25, 0.3) is 0 Å². The lowest BCUT2D eigenvalue weighted by Crippen LogP contribution is -2.00. The first-order chi connectivity index (χ1) is 8.83. The maximum absolute atomic E-state index is 3.58. The third-order valence-electron chi connectivity index (χ3n) is 3.73. The molecule has 0 bridgehead atoms. The van der Waals surface area contributed by atoms with E-state index in [4.69, 9.17) is 0 Å². The van der Waals surface area contributed by atoms with Crippen LogP contribution in [0.5, 0.6) is 0 Å². The van der Waals surface area contributed by atoms with Crippen LogP contribution in [-0.4, -0.2) is 0 Å². The van der Waals surface area contributed by atoms with Crippen LogP contribution >= 0.6 is 15.9 Å². The van der Waals surface area contributed by atoms with Crippen LogP contribution in [0.2, 0.25) is 0 Å². The Morgan fingerprint density at radius 1 is 0.778 bits per heavy atom. The van der Waals surface area contributed by atoms with E-state index in [1.54, 1.807) is 0 Å². The van der Waals surface area contributed by atoms with Gasteiger partial charge in [0.1, 0.15) is 0 Å². The molecule has 0 aromatic heterocycles. The van der Waals surface area contributed by atoms with Crippen molar-refractivity contribution in [1.29, 1.82) is 0 Å². The Kier molecular flexibility index (Phi) is 2.12. The molecular weight excluding hydrogens is 284 g/mol. The predicted molar refractivity (Wildman–Crippen MR) is 79.9 cm³/mol. The number of benzene rings is 3. The molecule has 18 heavy (non-hydrogen) atoms. The smallest absolute Gasteiger partial charge is 0.0181 e. The Hall–Kier alpha value is -1.60. The Balaban J connectivity index is 2.18. The summed E-state index contributed by atoms with van der Waals surface area (Å²) in [7, 11) is 0. The van der Waals surface area contributed by atoms with Crippen LogP contribution < -0.4 is 0 Å². The number of hydrogen-bond acceptors (Lipinski definition) is 0. The Bertz CT molecular complexity index is 766. The lowest BCUT2D eigenvalue weighted by molar-refractivity contribution is 1.20. The molecule has 0 heterocycles. The molecule has 0 fully saturated rings. The molecule has 4 rings (SSSR count). The zero-order valence-electron chi connectivity index (χ0n) is 9.78. The molecular formula is C17H11Br. The fourth-order valence-electron chi connectivity index (χ4n) is 2.95. The first-order valence-electron chi connectivity index (χ1n) is 6.12. The van der Waals surface area contributed by atoms with Crippen LogP contribution in [0.4, 0.5) is 0 Å². The molecule has 0 N–H and O–H groups in total. The maximum Gasteiger partial charge on any atom is 0.0181 e. The normalized spacial score (nSPS) is 12.5. The molecule has 0 saturated carbocycles. The number of fused-ring (bicyclic) bond motifs is 2. The average molecular weight is 295 g/mol. The van der Waals surface area contributed by atoms with Crippen LogP contribution in [0.25, 0.3) is 21.9 Å². The third kappa shape index (κ3) is 1.37. The van der Waals surface area contributed by atoms with Crippen LogP contribution in [0, 0.1) is 0 Å². The zero-order chi connectivity index (χ0) is 12.1. The lowest BCUT2D eigenvalue weighted by Gasteiger charge is -2.20. The lowest BCUT2D eigenvalue weighted by atomic mass is 9.84.